The lowest BCUT2D eigenvalue weighted by atomic mass is 10.2. The number of hydrogen-bond donors (Lipinski definition) is 0. The largest absolute Gasteiger partial charge is 0.335 e. The first-order valence-corrected chi connectivity index (χ1v) is 11.5. The van der Waals surface area contributed by atoms with E-state index in [4.69, 9.17) is 11.6 Å². The smallest absolute Gasteiger partial charge is 0.265 e. The summed E-state index contributed by atoms with van der Waals surface area (Å²) in [4.78, 5) is 15.4. The van der Waals surface area contributed by atoms with Gasteiger partial charge in [-0.25, -0.2) is 8.42 Å². The molecule has 1 fully saturated rings. The molecule has 0 atom stereocenters. The van der Waals surface area contributed by atoms with Crippen molar-refractivity contribution in [3.63, 3.8) is 0 Å². The maximum atomic E-state index is 12.9. The SMILES string of the molecule is Cc1ccc(S(=O)(=O)N2CCN(C(=O)c3sc4ccccc4c3Cl)CC2)cc1. The molecule has 4 rings (SSSR count). The summed E-state index contributed by atoms with van der Waals surface area (Å²) in [5, 5.41) is 1.35. The van der Waals surface area contributed by atoms with Crippen LogP contribution in [0.25, 0.3) is 10.1 Å². The van der Waals surface area contributed by atoms with E-state index in [0.717, 1.165) is 15.6 Å². The van der Waals surface area contributed by atoms with E-state index in [0.29, 0.717) is 23.0 Å². The van der Waals surface area contributed by atoms with Crippen LogP contribution in [-0.2, 0) is 10.0 Å². The van der Waals surface area contributed by atoms with Crippen molar-refractivity contribution in [3.8, 4) is 0 Å². The second-order valence-electron chi connectivity index (χ2n) is 6.75. The number of sulfonamides is 1. The van der Waals surface area contributed by atoms with Crippen molar-refractivity contribution in [2.75, 3.05) is 26.2 Å². The summed E-state index contributed by atoms with van der Waals surface area (Å²) in [7, 11) is -3.55. The number of rotatable bonds is 3. The summed E-state index contributed by atoms with van der Waals surface area (Å²) >= 11 is 7.80. The Kier molecular flexibility index (Phi) is 5.18. The van der Waals surface area contributed by atoms with Crippen LogP contribution in [0, 0.1) is 6.92 Å². The molecule has 1 saturated heterocycles. The van der Waals surface area contributed by atoms with Crippen molar-refractivity contribution in [1.82, 2.24) is 9.21 Å². The van der Waals surface area contributed by atoms with Crippen molar-refractivity contribution < 1.29 is 13.2 Å². The lowest BCUT2D eigenvalue weighted by Crippen LogP contribution is -2.50. The van der Waals surface area contributed by atoms with Crippen molar-refractivity contribution in [2.45, 2.75) is 11.8 Å². The Morgan fingerprint density at radius 2 is 1.64 bits per heavy atom. The van der Waals surface area contributed by atoms with Crippen molar-refractivity contribution in [3.05, 3.63) is 64.0 Å². The summed E-state index contributed by atoms with van der Waals surface area (Å²) in [5.74, 6) is -0.140. The van der Waals surface area contributed by atoms with E-state index in [1.54, 1.807) is 29.2 Å². The molecule has 1 amide bonds. The molecule has 8 heteroatoms. The third-order valence-electron chi connectivity index (χ3n) is 4.91. The van der Waals surface area contributed by atoms with Crippen LogP contribution < -0.4 is 0 Å². The Hall–Kier alpha value is -1.93. The Morgan fingerprint density at radius 3 is 2.29 bits per heavy atom. The minimum Gasteiger partial charge on any atom is -0.335 e. The molecule has 5 nitrogen and oxygen atoms in total. The second-order valence-corrected chi connectivity index (χ2v) is 10.1. The number of halogens is 1. The van der Waals surface area contributed by atoms with E-state index in [-0.39, 0.29) is 23.9 Å². The zero-order valence-electron chi connectivity index (χ0n) is 15.3. The van der Waals surface area contributed by atoms with Gasteiger partial charge in [0.15, 0.2) is 0 Å². The van der Waals surface area contributed by atoms with Crippen molar-refractivity contribution >= 4 is 49.0 Å². The van der Waals surface area contributed by atoms with Gasteiger partial charge in [0.2, 0.25) is 10.0 Å². The number of carbonyl (C=O) groups is 1. The molecule has 0 radical (unpaired) electrons. The van der Waals surface area contributed by atoms with Gasteiger partial charge in [0.25, 0.3) is 5.91 Å². The molecule has 1 aliphatic rings. The van der Waals surface area contributed by atoms with E-state index in [2.05, 4.69) is 0 Å². The predicted octanol–water partition coefficient (Wildman–Crippen LogP) is 4.01. The van der Waals surface area contributed by atoms with Gasteiger partial charge in [-0.15, -0.1) is 11.3 Å². The van der Waals surface area contributed by atoms with Gasteiger partial charge in [0.05, 0.1) is 9.92 Å². The molecular weight excluding hydrogens is 416 g/mol. The van der Waals surface area contributed by atoms with Crippen LogP contribution in [0.3, 0.4) is 0 Å². The van der Waals surface area contributed by atoms with Gasteiger partial charge in [0, 0.05) is 36.3 Å². The fourth-order valence-electron chi connectivity index (χ4n) is 3.29. The molecular formula is C20H19ClN2O3S2. The Labute approximate surface area is 173 Å². The molecule has 3 aromatic rings. The third kappa shape index (κ3) is 3.43. The van der Waals surface area contributed by atoms with Gasteiger partial charge in [-0.1, -0.05) is 47.5 Å². The standard InChI is InChI=1S/C20H19ClN2O3S2/c1-14-6-8-15(9-7-14)28(25,26)23-12-10-22(11-13-23)20(24)19-18(21)16-4-2-3-5-17(16)27-19/h2-9H,10-13H2,1H3. The number of hydrogen-bond acceptors (Lipinski definition) is 4. The average Bonchev–Trinajstić information content (AvgIpc) is 3.05. The van der Waals surface area contributed by atoms with Crippen LogP contribution in [0.5, 0.6) is 0 Å². The zero-order valence-corrected chi connectivity index (χ0v) is 17.6. The lowest BCUT2D eigenvalue weighted by molar-refractivity contribution is 0.0703. The van der Waals surface area contributed by atoms with E-state index >= 15 is 0 Å². The molecule has 0 spiro atoms. The van der Waals surface area contributed by atoms with E-state index in [1.165, 1.54) is 15.6 Å². The number of amides is 1. The number of fused-ring (bicyclic) bond motifs is 1. The van der Waals surface area contributed by atoms with Gasteiger partial charge in [-0.2, -0.15) is 4.31 Å². The highest BCUT2D eigenvalue weighted by Crippen LogP contribution is 2.36. The first-order chi connectivity index (χ1) is 13.4. The number of aryl methyl sites for hydroxylation is 1. The maximum absolute atomic E-state index is 12.9. The number of carbonyl (C=O) groups excluding carboxylic acids is 1. The Morgan fingerprint density at radius 1 is 1.00 bits per heavy atom. The van der Waals surface area contributed by atoms with Crippen LogP contribution in [0.4, 0.5) is 0 Å². The van der Waals surface area contributed by atoms with Crippen molar-refractivity contribution in [1.29, 1.82) is 0 Å². The summed E-state index contributed by atoms with van der Waals surface area (Å²) in [5.41, 5.74) is 1.01. The van der Waals surface area contributed by atoms with Crippen LogP contribution >= 0.6 is 22.9 Å². The molecule has 0 N–H and O–H groups in total. The van der Waals surface area contributed by atoms with Gasteiger partial charge < -0.3 is 4.90 Å². The Bertz CT molecular complexity index is 1130. The topological polar surface area (TPSA) is 57.7 Å². The molecule has 1 aromatic heterocycles. The summed E-state index contributed by atoms with van der Waals surface area (Å²) in [6.07, 6.45) is 0. The predicted molar refractivity (Wildman–Crippen MR) is 113 cm³/mol. The normalized spacial score (nSPS) is 15.9. The second kappa shape index (κ2) is 7.48. The highest BCUT2D eigenvalue weighted by molar-refractivity contribution is 7.89. The summed E-state index contributed by atoms with van der Waals surface area (Å²) in [6, 6.07) is 14.5. The minimum absolute atomic E-state index is 0.140. The first-order valence-electron chi connectivity index (χ1n) is 8.91. The van der Waals surface area contributed by atoms with Crippen LogP contribution in [-0.4, -0.2) is 49.7 Å². The third-order valence-corrected chi connectivity index (χ3v) is 8.49. The van der Waals surface area contributed by atoms with Crippen molar-refractivity contribution in [2.24, 2.45) is 0 Å². The fraction of sp³-hybridized carbons (Fsp3) is 0.250. The molecule has 0 bridgehead atoms. The van der Waals surface area contributed by atoms with Crippen LogP contribution in [0.2, 0.25) is 5.02 Å². The first kappa shape index (κ1) is 19.4. The summed E-state index contributed by atoms with van der Waals surface area (Å²) in [6.45, 7) is 3.14. The monoisotopic (exact) mass is 434 g/mol. The molecule has 28 heavy (non-hydrogen) atoms. The molecule has 2 heterocycles. The van der Waals surface area contributed by atoms with Crippen LogP contribution in [0.15, 0.2) is 53.4 Å². The zero-order chi connectivity index (χ0) is 19.9. The quantitative estimate of drug-likeness (QED) is 0.625. The fourth-order valence-corrected chi connectivity index (χ4v) is 6.19. The Balaban J connectivity index is 1.49. The van der Waals surface area contributed by atoms with Gasteiger partial charge in [-0.3, -0.25) is 4.79 Å². The molecule has 0 saturated carbocycles. The highest BCUT2D eigenvalue weighted by atomic mass is 35.5. The van der Waals surface area contributed by atoms with Gasteiger partial charge in [-0.05, 0) is 25.1 Å². The average molecular weight is 435 g/mol. The molecule has 0 aliphatic carbocycles. The number of thiophene rings is 1. The van der Waals surface area contributed by atoms with Gasteiger partial charge in [0.1, 0.15) is 4.88 Å². The van der Waals surface area contributed by atoms with E-state index < -0.39 is 10.0 Å². The molecule has 0 unspecified atom stereocenters. The van der Waals surface area contributed by atoms with E-state index in [9.17, 15) is 13.2 Å². The number of benzene rings is 2. The highest BCUT2D eigenvalue weighted by Gasteiger charge is 2.31. The molecule has 146 valence electrons. The van der Waals surface area contributed by atoms with E-state index in [1.807, 2.05) is 31.2 Å². The lowest BCUT2D eigenvalue weighted by Gasteiger charge is -2.33. The molecule has 1 aliphatic heterocycles. The minimum atomic E-state index is -3.55. The summed E-state index contributed by atoms with van der Waals surface area (Å²) < 4.78 is 28.0. The number of piperazine rings is 1. The van der Waals surface area contributed by atoms with Gasteiger partial charge >= 0.3 is 0 Å². The maximum Gasteiger partial charge on any atom is 0.265 e. The van der Waals surface area contributed by atoms with Crippen LogP contribution in [0.1, 0.15) is 15.2 Å². The molecule has 2 aromatic carbocycles. The number of nitrogens with zero attached hydrogens (tertiary/aromatic N) is 2.